The third-order valence-electron chi connectivity index (χ3n) is 8.40. The van der Waals surface area contributed by atoms with Gasteiger partial charge >= 0.3 is 0 Å². The van der Waals surface area contributed by atoms with Gasteiger partial charge in [-0.25, -0.2) is 0 Å². The molecule has 10 nitrogen and oxygen atoms in total. The summed E-state index contributed by atoms with van der Waals surface area (Å²) in [5.41, 5.74) is 0.580. The summed E-state index contributed by atoms with van der Waals surface area (Å²) in [4.78, 5) is 52.3. The molecule has 5 rings (SSSR count). The Kier molecular flexibility index (Phi) is 9.04. The number of hydrogen-bond donors (Lipinski definition) is 5. The molecule has 10 heteroatoms. The maximum absolute atomic E-state index is 13.8. The zero-order valence-electron chi connectivity index (χ0n) is 22.8. The second-order valence-electron chi connectivity index (χ2n) is 11.6. The van der Waals surface area contributed by atoms with Crippen LogP contribution in [-0.4, -0.2) is 59.5 Å². The number of fused-ring (bicyclic) bond motifs is 1. The average molecular weight is 553 g/mol. The van der Waals surface area contributed by atoms with Crippen LogP contribution in [-0.2, 0) is 14.4 Å². The highest BCUT2D eigenvalue weighted by Gasteiger charge is 2.37. The smallest absolute Gasteiger partial charge is 0.287 e. The third kappa shape index (κ3) is 7.21. The van der Waals surface area contributed by atoms with Gasteiger partial charge in [0, 0.05) is 23.9 Å². The number of nitrogens with one attached hydrogen (secondary N) is 4. The first-order valence-electron chi connectivity index (χ1n) is 14.7. The monoisotopic (exact) mass is 552 g/mol. The van der Waals surface area contributed by atoms with Crippen molar-refractivity contribution in [2.24, 2.45) is 11.8 Å². The van der Waals surface area contributed by atoms with Crippen molar-refractivity contribution >= 4 is 34.6 Å². The number of aliphatic hydroxyl groups excluding tert-OH is 1. The summed E-state index contributed by atoms with van der Waals surface area (Å²) >= 11 is 0. The first kappa shape index (κ1) is 28.1. The summed E-state index contributed by atoms with van der Waals surface area (Å²) in [6.07, 6.45) is 7.45. The number of rotatable bonds is 11. The van der Waals surface area contributed by atoms with Gasteiger partial charge < -0.3 is 30.8 Å². The number of aliphatic hydroxyl groups is 1. The van der Waals surface area contributed by atoms with Crippen molar-refractivity contribution in [2.45, 2.75) is 94.9 Å². The summed E-state index contributed by atoms with van der Waals surface area (Å²) in [6.45, 7) is 0.592. The maximum Gasteiger partial charge on any atom is 0.287 e. The molecule has 2 aromatic rings. The van der Waals surface area contributed by atoms with E-state index in [1.807, 2.05) is 18.2 Å². The number of amides is 4. The van der Waals surface area contributed by atoms with Crippen molar-refractivity contribution in [1.82, 2.24) is 21.3 Å². The van der Waals surface area contributed by atoms with Gasteiger partial charge in [-0.2, -0.15) is 0 Å². The first-order valence-corrected chi connectivity index (χ1v) is 14.7. The molecule has 1 aromatic heterocycles. The van der Waals surface area contributed by atoms with Crippen LogP contribution in [0, 0.1) is 11.8 Å². The van der Waals surface area contributed by atoms with Crippen molar-refractivity contribution in [2.75, 3.05) is 6.54 Å². The van der Waals surface area contributed by atoms with Crippen LogP contribution in [0.2, 0.25) is 0 Å². The van der Waals surface area contributed by atoms with Crippen LogP contribution in [0.25, 0.3) is 11.0 Å². The standard InChI is InChI=1S/C30H40N4O6/c35-26(30(39)32-21-12-13-21)22(16-20-10-6-14-31-27(20)36)33-28(37)23(15-18-7-2-1-3-8-18)34-29(38)25-17-19-9-4-5-11-24(19)40-25/h4-5,9,11,17-18,20-23,26,35H,1-3,6-8,10,12-16H2,(H,31,36)(H,32,39)(H,33,37)(H,34,38)/t20-,22-,23-,26+/m0/s1. The van der Waals surface area contributed by atoms with Crippen LogP contribution in [0.1, 0.15) is 81.2 Å². The van der Waals surface area contributed by atoms with E-state index in [1.165, 1.54) is 0 Å². The summed E-state index contributed by atoms with van der Waals surface area (Å²) in [7, 11) is 0. The molecule has 216 valence electrons. The summed E-state index contributed by atoms with van der Waals surface area (Å²) in [5, 5.41) is 23.1. The van der Waals surface area contributed by atoms with Crippen LogP contribution in [0.4, 0.5) is 0 Å². The van der Waals surface area contributed by atoms with Gasteiger partial charge in [0.2, 0.25) is 11.8 Å². The molecule has 40 heavy (non-hydrogen) atoms. The lowest BCUT2D eigenvalue weighted by atomic mass is 9.84. The number of hydrogen-bond acceptors (Lipinski definition) is 6. The molecular weight excluding hydrogens is 512 g/mol. The van der Waals surface area contributed by atoms with E-state index in [0.717, 1.165) is 56.8 Å². The van der Waals surface area contributed by atoms with E-state index in [0.29, 0.717) is 25.0 Å². The Morgan fingerprint density at radius 1 is 0.950 bits per heavy atom. The lowest BCUT2D eigenvalue weighted by molar-refractivity contribution is -0.135. The summed E-state index contributed by atoms with van der Waals surface area (Å²) in [6, 6.07) is 7.14. The van der Waals surface area contributed by atoms with Crippen LogP contribution >= 0.6 is 0 Å². The van der Waals surface area contributed by atoms with Crippen molar-refractivity contribution in [1.29, 1.82) is 0 Å². The van der Waals surface area contributed by atoms with Crippen LogP contribution in [0.3, 0.4) is 0 Å². The van der Waals surface area contributed by atoms with E-state index in [4.69, 9.17) is 4.42 Å². The third-order valence-corrected chi connectivity index (χ3v) is 8.40. The van der Waals surface area contributed by atoms with Crippen molar-refractivity contribution in [3.8, 4) is 0 Å². The van der Waals surface area contributed by atoms with Gasteiger partial charge in [0.25, 0.3) is 11.8 Å². The van der Waals surface area contributed by atoms with Gasteiger partial charge in [-0.1, -0.05) is 50.3 Å². The molecule has 1 aromatic carbocycles. The van der Waals surface area contributed by atoms with Gasteiger partial charge in [0.15, 0.2) is 11.9 Å². The van der Waals surface area contributed by atoms with Crippen LogP contribution < -0.4 is 21.3 Å². The van der Waals surface area contributed by atoms with Crippen LogP contribution in [0.15, 0.2) is 34.7 Å². The predicted molar refractivity (Wildman–Crippen MR) is 148 cm³/mol. The highest BCUT2D eigenvalue weighted by molar-refractivity contribution is 5.98. The minimum absolute atomic E-state index is 0.0404. The topological polar surface area (TPSA) is 150 Å². The zero-order valence-corrected chi connectivity index (χ0v) is 22.8. The molecule has 0 radical (unpaired) electrons. The fourth-order valence-corrected chi connectivity index (χ4v) is 5.92. The Morgan fingerprint density at radius 3 is 2.45 bits per heavy atom. The fourth-order valence-electron chi connectivity index (χ4n) is 5.92. The highest BCUT2D eigenvalue weighted by atomic mass is 16.3. The lowest BCUT2D eigenvalue weighted by Crippen LogP contribution is -2.57. The van der Waals surface area contributed by atoms with Gasteiger partial charge in [0.05, 0.1) is 6.04 Å². The molecule has 4 amide bonds. The SMILES string of the molecule is O=C(N[C@@H](CC1CCCCC1)C(=O)N[C@@H](C[C@@H]1CCCNC1=O)[C@@H](O)C(=O)NC1CC1)c1cc2ccccc2o1. The minimum Gasteiger partial charge on any atom is -0.451 e. The Hall–Kier alpha value is -3.40. The van der Waals surface area contributed by atoms with Gasteiger partial charge in [-0.3, -0.25) is 19.2 Å². The molecule has 0 unspecified atom stereocenters. The Balaban J connectivity index is 1.33. The molecule has 1 aliphatic heterocycles. The number of piperidine rings is 1. The molecule has 5 N–H and O–H groups in total. The molecule has 2 saturated carbocycles. The van der Waals surface area contributed by atoms with Gasteiger partial charge in [0.1, 0.15) is 11.6 Å². The van der Waals surface area contributed by atoms with Crippen molar-refractivity contribution in [3.63, 3.8) is 0 Å². The van der Waals surface area contributed by atoms with E-state index in [9.17, 15) is 24.3 Å². The first-order chi connectivity index (χ1) is 19.4. The zero-order chi connectivity index (χ0) is 28.1. The highest BCUT2D eigenvalue weighted by Crippen LogP contribution is 2.28. The minimum atomic E-state index is -1.51. The number of para-hydroxylation sites is 1. The Labute approximate surface area is 234 Å². The predicted octanol–water partition coefficient (Wildman–Crippen LogP) is 2.54. The molecule has 2 heterocycles. The second kappa shape index (κ2) is 12.8. The average Bonchev–Trinajstić information content (AvgIpc) is 3.67. The van der Waals surface area contributed by atoms with E-state index in [2.05, 4.69) is 21.3 Å². The normalized spacial score (nSPS) is 22.1. The van der Waals surface area contributed by atoms with Crippen LogP contribution in [0.5, 0.6) is 0 Å². The van der Waals surface area contributed by atoms with E-state index >= 15 is 0 Å². The molecule has 2 aliphatic carbocycles. The number of benzene rings is 1. The quantitative estimate of drug-likeness (QED) is 0.289. The molecule has 3 aliphatic rings. The Bertz CT molecular complexity index is 1180. The maximum atomic E-state index is 13.8. The molecule has 0 bridgehead atoms. The molecule has 1 saturated heterocycles. The summed E-state index contributed by atoms with van der Waals surface area (Å²) < 4.78 is 5.73. The largest absolute Gasteiger partial charge is 0.451 e. The van der Waals surface area contributed by atoms with Crippen molar-refractivity contribution < 1.29 is 28.7 Å². The number of carbonyl (C=O) groups excluding carboxylic acids is 4. The van der Waals surface area contributed by atoms with E-state index in [1.54, 1.807) is 12.1 Å². The molecular formula is C30H40N4O6. The van der Waals surface area contributed by atoms with Gasteiger partial charge in [-0.15, -0.1) is 0 Å². The summed E-state index contributed by atoms with van der Waals surface area (Å²) in [5.74, 6) is -1.72. The van der Waals surface area contributed by atoms with E-state index < -0.39 is 41.8 Å². The molecule has 3 fully saturated rings. The molecule has 4 atom stereocenters. The Morgan fingerprint density at radius 2 is 1.73 bits per heavy atom. The number of carbonyl (C=O) groups is 4. The van der Waals surface area contributed by atoms with Crippen molar-refractivity contribution in [3.05, 3.63) is 36.1 Å². The fraction of sp³-hybridized carbons (Fsp3) is 0.600. The van der Waals surface area contributed by atoms with Gasteiger partial charge in [-0.05, 0) is 56.6 Å². The van der Waals surface area contributed by atoms with E-state index in [-0.39, 0.29) is 30.0 Å². The number of furan rings is 1. The molecule has 0 spiro atoms. The lowest BCUT2D eigenvalue weighted by Gasteiger charge is -2.31. The second-order valence-corrected chi connectivity index (χ2v) is 11.6.